The van der Waals surface area contributed by atoms with Crippen LogP contribution in [-0.2, 0) is 10.2 Å². The average molecular weight is 501 g/mol. The smallest absolute Gasteiger partial charge is 0.191 e. The zero-order valence-electron chi connectivity index (χ0n) is 17.6. The topological polar surface area (TPSA) is 54.9 Å². The number of halogens is 1. The summed E-state index contributed by atoms with van der Waals surface area (Å²) in [6.45, 7) is 5.79. The second-order valence-corrected chi connectivity index (χ2v) is 8.11. The quantitative estimate of drug-likeness (QED) is 0.336. The second-order valence-electron chi connectivity index (χ2n) is 8.11. The van der Waals surface area contributed by atoms with Gasteiger partial charge in [-0.25, -0.2) is 0 Å². The van der Waals surface area contributed by atoms with Crippen molar-refractivity contribution in [3.8, 4) is 5.75 Å². The molecule has 1 aromatic carbocycles. The van der Waals surface area contributed by atoms with Gasteiger partial charge in [0.05, 0.1) is 7.11 Å². The van der Waals surface area contributed by atoms with E-state index in [1.807, 2.05) is 7.05 Å². The lowest BCUT2D eigenvalue weighted by atomic mass is 9.67. The number of hydrogen-bond donors (Lipinski definition) is 2. The molecule has 0 unspecified atom stereocenters. The molecule has 3 rings (SSSR count). The van der Waals surface area contributed by atoms with Gasteiger partial charge in [0.15, 0.2) is 5.96 Å². The van der Waals surface area contributed by atoms with Crippen molar-refractivity contribution < 1.29 is 9.47 Å². The lowest BCUT2D eigenvalue weighted by Crippen LogP contribution is -2.50. The van der Waals surface area contributed by atoms with Gasteiger partial charge in [0, 0.05) is 38.8 Å². The Morgan fingerprint density at radius 3 is 2.21 bits per heavy atom. The molecule has 0 spiro atoms. The maximum atomic E-state index is 5.65. The second kappa shape index (κ2) is 10.7. The molecule has 0 aromatic heterocycles. The summed E-state index contributed by atoms with van der Waals surface area (Å²) >= 11 is 0. The Bertz CT molecular complexity index is 618. The van der Waals surface area contributed by atoms with Gasteiger partial charge in [0.2, 0.25) is 0 Å². The van der Waals surface area contributed by atoms with Crippen LogP contribution in [0, 0.1) is 5.41 Å². The summed E-state index contributed by atoms with van der Waals surface area (Å²) in [7, 11) is 3.57. The molecule has 0 radical (unpaired) electrons. The minimum Gasteiger partial charge on any atom is -0.497 e. The summed E-state index contributed by atoms with van der Waals surface area (Å²) in [5.74, 6) is 1.81. The number of guanidine groups is 1. The third-order valence-electron chi connectivity index (χ3n) is 6.77. The first-order valence-corrected chi connectivity index (χ1v) is 10.3. The fourth-order valence-electron chi connectivity index (χ4n) is 4.35. The van der Waals surface area contributed by atoms with Crippen LogP contribution < -0.4 is 15.4 Å². The minimum atomic E-state index is 0. The van der Waals surface area contributed by atoms with Crippen molar-refractivity contribution in [2.45, 2.75) is 50.9 Å². The molecule has 2 fully saturated rings. The Morgan fingerprint density at radius 2 is 1.71 bits per heavy atom. The fourth-order valence-corrected chi connectivity index (χ4v) is 4.35. The van der Waals surface area contributed by atoms with Crippen LogP contribution in [0.4, 0.5) is 0 Å². The van der Waals surface area contributed by atoms with E-state index in [2.05, 4.69) is 46.8 Å². The number of nitrogens with one attached hydrogen (secondary N) is 2. The Labute approximate surface area is 187 Å². The van der Waals surface area contributed by atoms with Gasteiger partial charge in [-0.05, 0) is 55.2 Å². The van der Waals surface area contributed by atoms with E-state index in [4.69, 9.17) is 9.47 Å². The zero-order chi connectivity index (χ0) is 19.2. The predicted molar refractivity (Wildman–Crippen MR) is 126 cm³/mol. The van der Waals surface area contributed by atoms with E-state index in [0.29, 0.717) is 5.41 Å². The summed E-state index contributed by atoms with van der Waals surface area (Å²) in [5, 5.41) is 7.18. The van der Waals surface area contributed by atoms with E-state index in [-0.39, 0.29) is 29.4 Å². The molecule has 158 valence electrons. The molecule has 1 aliphatic heterocycles. The third kappa shape index (κ3) is 5.32. The first-order chi connectivity index (χ1) is 13.2. The number of ether oxygens (including phenoxy) is 2. The normalized spacial score (nSPS) is 20.5. The van der Waals surface area contributed by atoms with Crippen molar-refractivity contribution in [1.29, 1.82) is 0 Å². The molecule has 28 heavy (non-hydrogen) atoms. The summed E-state index contributed by atoms with van der Waals surface area (Å²) in [4.78, 5) is 4.46. The van der Waals surface area contributed by atoms with Gasteiger partial charge in [0.1, 0.15) is 5.75 Å². The van der Waals surface area contributed by atoms with Crippen LogP contribution in [0.3, 0.4) is 0 Å². The first kappa shape index (κ1) is 23.3. The lowest BCUT2D eigenvalue weighted by molar-refractivity contribution is 0.0513. The molecule has 5 nitrogen and oxygen atoms in total. The highest BCUT2D eigenvalue weighted by Gasteiger charge is 2.36. The van der Waals surface area contributed by atoms with Crippen molar-refractivity contribution >= 4 is 29.9 Å². The van der Waals surface area contributed by atoms with E-state index >= 15 is 0 Å². The van der Waals surface area contributed by atoms with Crippen LogP contribution in [0.15, 0.2) is 29.3 Å². The summed E-state index contributed by atoms with van der Waals surface area (Å²) in [6.07, 6.45) is 7.30. The van der Waals surface area contributed by atoms with E-state index in [1.165, 1.54) is 31.2 Å². The number of benzene rings is 1. The van der Waals surface area contributed by atoms with Crippen molar-refractivity contribution in [1.82, 2.24) is 10.6 Å². The molecule has 1 saturated carbocycles. The van der Waals surface area contributed by atoms with Crippen LogP contribution in [0.2, 0.25) is 0 Å². The van der Waals surface area contributed by atoms with Crippen LogP contribution >= 0.6 is 24.0 Å². The lowest BCUT2D eigenvalue weighted by Gasteiger charge is -2.42. The maximum absolute atomic E-state index is 5.65. The fraction of sp³-hybridized carbons (Fsp3) is 0.682. The van der Waals surface area contributed by atoms with Crippen LogP contribution in [0.1, 0.15) is 51.0 Å². The molecule has 0 amide bonds. The molecule has 1 heterocycles. The highest BCUT2D eigenvalue weighted by atomic mass is 127. The summed E-state index contributed by atoms with van der Waals surface area (Å²) in [5.41, 5.74) is 1.89. The largest absolute Gasteiger partial charge is 0.497 e. The molecule has 2 N–H and O–H groups in total. The van der Waals surface area contributed by atoms with Gasteiger partial charge in [-0.1, -0.05) is 25.5 Å². The number of nitrogens with zero attached hydrogens (tertiary/aromatic N) is 1. The predicted octanol–water partition coefficient (Wildman–Crippen LogP) is 4.11. The van der Waals surface area contributed by atoms with Crippen molar-refractivity contribution in [3.05, 3.63) is 29.8 Å². The van der Waals surface area contributed by atoms with Crippen molar-refractivity contribution in [3.63, 3.8) is 0 Å². The summed E-state index contributed by atoms with van der Waals surface area (Å²) < 4.78 is 11.0. The number of hydrogen-bond acceptors (Lipinski definition) is 3. The van der Waals surface area contributed by atoms with Gasteiger partial charge >= 0.3 is 0 Å². The molecular formula is C22H36IN3O2. The Hall–Kier alpha value is -1.02. The molecule has 6 heteroatoms. The number of methoxy groups -OCH3 is 1. The van der Waals surface area contributed by atoms with E-state index in [9.17, 15) is 0 Å². The summed E-state index contributed by atoms with van der Waals surface area (Å²) in [6, 6.07) is 8.51. The highest BCUT2D eigenvalue weighted by molar-refractivity contribution is 14.0. The zero-order valence-corrected chi connectivity index (χ0v) is 19.9. The van der Waals surface area contributed by atoms with Crippen LogP contribution in [0.5, 0.6) is 5.75 Å². The molecule has 0 atom stereocenters. The van der Waals surface area contributed by atoms with Gasteiger partial charge in [-0.15, -0.1) is 24.0 Å². The molecular weight excluding hydrogens is 465 g/mol. The Balaban J connectivity index is 0.00000280. The van der Waals surface area contributed by atoms with Gasteiger partial charge in [-0.3, -0.25) is 4.99 Å². The number of aliphatic imine (C=N–C) groups is 1. The molecule has 0 bridgehead atoms. The van der Waals surface area contributed by atoms with Crippen molar-refractivity contribution in [2.24, 2.45) is 10.4 Å². The monoisotopic (exact) mass is 501 g/mol. The van der Waals surface area contributed by atoms with Gasteiger partial charge in [-0.2, -0.15) is 0 Å². The standard InChI is InChI=1S/C22H35N3O2.HI/c1-4-21(10-5-11-21)16-24-20(23-2)25-17-22(12-14-27-15-13-22)18-6-8-19(26-3)9-7-18;/h6-9H,4-5,10-17H2,1-3H3,(H2,23,24,25);1H. The molecule has 1 saturated heterocycles. The van der Waals surface area contributed by atoms with E-state index in [0.717, 1.165) is 50.9 Å². The molecule has 1 aromatic rings. The Morgan fingerprint density at radius 1 is 1.07 bits per heavy atom. The average Bonchev–Trinajstić information content (AvgIpc) is 2.70. The Kier molecular flexibility index (Phi) is 8.86. The van der Waals surface area contributed by atoms with Crippen molar-refractivity contribution in [2.75, 3.05) is 40.5 Å². The maximum Gasteiger partial charge on any atom is 0.191 e. The highest BCUT2D eigenvalue weighted by Crippen LogP contribution is 2.43. The molecule has 1 aliphatic carbocycles. The van der Waals surface area contributed by atoms with Crippen LogP contribution in [0.25, 0.3) is 0 Å². The van der Waals surface area contributed by atoms with Gasteiger partial charge in [0.25, 0.3) is 0 Å². The molecule has 2 aliphatic rings. The third-order valence-corrected chi connectivity index (χ3v) is 6.77. The minimum absolute atomic E-state index is 0. The van der Waals surface area contributed by atoms with E-state index < -0.39 is 0 Å². The SMILES string of the molecule is CCC1(CNC(=NC)NCC2(c3ccc(OC)cc3)CCOCC2)CCC1.I. The van der Waals surface area contributed by atoms with E-state index in [1.54, 1.807) is 7.11 Å². The number of rotatable bonds is 7. The van der Waals surface area contributed by atoms with Gasteiger partial charge < -0.3 is 20.1 Å². The first-order valence-electron chi connectivity index (χ1n) is 10.3. The van der Waals surface area contributed by atoms with Crippen LogP contribution in [-0.4, -0.2) is 46.4 Å².